The molecular formula is C14H11BrF3N. The van der Waals surface area contributed by atoms with Gasteiger partial charge in [0, 0.05) is 23.2 Å². The van der Waals surface area contributed by atoms with E-state index in [9.17, 15) is 13.2 Å². The molecule has 0 saturated heterocycles. The van der Waals surface area contributed by atoms with Gasteiger partial charge >= 0.3 is 0 Å². The molecule has 5 heteroatoms. The summed E-state index contributed by atoms with van der Waals surface area (Å²) in [5, 5.41) is 2.74. The van der Waals surface area contributed by atoms with Crippen molar-refractivity contribution in [3.8, 4) is 0 Å². The molecule has 2 aromatic carbocycles. The second-order valence-electron chi connectivity index (χ2n) is 4.18. The Labute approximate surface area is 117 Å². The van der Waals surface area contributed by atoms with E-state index in [1.165, 1.54) is 0 Å². The van der Waals surface area contributed by atoms with E-state index in [0.29, 0.717) is 12.6 Å². The van der Waals surface area contributed by atoms with Crippen LogP contribution in [-0.2, 0) is 6.54 Å². The Bertz CT molecular complexity index is 614. The molecule has 0 radical (unpaired) electrons. The van der Waals surface area contributed by atoms with Crippen molar-refractivity contribution in [2.24, 2.45) is 0 Å². The minimum absolute atomic E-state index is 0.0596. The molecule has 0 saturated carbocycles. The van der Waals surface area contributed by atoms with Gasteiger partial charge in [-0.15, -0.1) is 0 Å². The third kappa shape index (κ3) is 3.29. The van der Waals surface area contributed by atoms with Crippen LogP contribution < -0.4 is 5.32 Å². The first-order valence-corrected chi connectivity index (χ1v) is 6.40. The molecule has 0 unspecified atom stereocenters. The highest BCUT2D eigenvalue weighted by Crippen LogP contribution is 2.21. The second-order valence-corrected chi connectivity index (χ2v) is 5.04. The third-order valence-electron chi connectivity index (χ3n) is 2.73. The first kappa shape index (κ1) is 13.9. The Morgan fingerprint density at radius 2 is 1.68 bits per heavy atom. The standard InChI is InChI=1S/C14H11BrF3N/c1-8-2-3-9(4-10(8)15)7-19-14-6-12(17)11(16)5-13(14)18/h2-6,19H,7H2,1H3. The van der Waals surface area contributed by atoms with E-state index < -0.39 is 17.5 Å². The molecule has 0 spiro atoms. The van der Waals surface area contributed by atoms with E-state index in [4.69, 9.17) is 0 Å². The molecule has 0 fully saturated rings. The maximum atomic E-state index is 13.4. The van der Waals surface area contributed by atoms with E-state index >= 15 is 0 Å². The number of aryl methyl sites for hydroxylation is 1. The summed E-state index contributed by atoms with van der Waals surface area (Å²) < 4.78 is 40.1. The predicted molar refractivity (Wildman–Crippen MR) is 72.5 cm³/mol. The lowest BCUT2D eigenvalue weighted by molar-refractivity contribution is 0.496. The van der Waals surface area contributed by atoms with Crippen LogP contribution in [0, 0.1) is 24.4 Å². The molecule has 19 heavy (non-hydrogen) atoms. The molecule has 0 bridgehead atoms. The molecule has 1 nitrogen and oxygen atoms in total. The first-order chi connectivity index (χ1) is 8.97. The predicted octanol–water partition coefficient (Wildman–Crippen LogP) is 4.79. The van der Waals surface area contributed by atoms with Crippen molar-refractivity contribution in [1.82, 2.24) is 0 Å². The van der Waals surface area contributed by atoms with Crippen molar-refractivity contribution < 1.29 is 13.2 Å². The average molecular weight is 330 g/mol. The Hall–Kier alpha value is -1.49. The molecule has 0 amide bonds. The summed E-state index contributed by atoms with van der Waals surface area (Å²) in [5.74, 6) is -3.08. The number of rotatable bonds is 3. The van der Waals surface area contributed by atoms with Crippen LogP contribution in [0.2, 0.25) is 0 Å². The summed E-state index contributed by atoms with van der Waals surface area (Å²) in [6, 6.07) is 7.03. The number of hydrogen-bond acceptors (Lipinski definition) is 1. The second kappa shape index (κ2) is 5.65. The van der Waals surface area contributed by atoms with Gasteiger partial charge < -0.3 is 5.32 Å². The van der Waals surface area contributed by atoms with Crippen molar-refractivity contribution in [3.05, 3.63) is 63.4 Å². The Balaban J connectivity index is 2.14. The van der Waals surface area contributed by atoms with Crippen molar-refractivity contribution in [2.75, 3.05) is 5.32 Å². The summed E-state index contributed by atoms with van der Waals surface area (Å²) in [5.41, 5.74) is 1.93. The lowest BCUT2D eigenvalue weighted by Gasteiger charge is -2.09. The molecule has 0 aliphatic rings. The lowest BCUT2D eigenvalue weighted by Crippen LogP contribution is -2.03. The summed E-state index contributed by atoms with van der Waals surface area (Å²) >= 11 is 3.40. The van der Waals surface area contributed by atoms with Gasteiger partial charge in [-0.25, -0.2) is 13.2 Å². The normalized spacial score (nSPS) is 10.6. The van der Waals surface area contributed by atoms with Gasteiger partial charge in [0.2, 0.25) is 0 Å². The zero-order chi connectivity index (χ0) is 14.0. The average Bonchev–Trinajstić information content (AvgIpc) is 2.36. The smallest absolute Gasteiger partial charge is 0.161 e. The number of nitrogens with one attached hydrogen (secondary N) is 1. The van der Waals surface area contributed by atoms with Gasteiger partial charge in [0.05, 0.1) is 5.69 Å². The molecule has 2 rings (SSSR count). The largest absolute Gasteiger partial charge is 0.379 e. The number of benzene rings is 2. The van der Waals surface area contributed by atoms with Crippen molar-refractivity contribution in [3.63, 3.8) is 0 Å². The highest BCUT2D eigenvalue weighted by Gasteiger charge is 2.09. The molecule has 2 aromatic rings. The zero-order valence-corrected chi connectivity index (χ0v) is 11.7. The van der Waals surface area contributed by atoms with Gasteiger partial charge in [-0.3, -0.25) is 0 Å². The summed E-state index contributed by atoms with van der Waals surface area (Å²) in [4.78, 5) is 0. The summed E-state index contributed by atoms with van der Waals surface area (Å²) in [6.45, 7) is 2.27. The van der Waals surface area contributed by atoms with Crippen molar-refractivity contribution >= 4 is 21.6 Å². The van der Waals surface area contributed by atoms with Crippen LogP contribution in [0.15, 0.2) is 34.8 Å². The lowest BCUT2D eigenvalue weighted by atomic mass is 10.1. The SMILES string of the molecule is Cc1ccc(CNc2cc(F)c(F)cc2F)cc1Br. The van der Waals surface area contributed by atoms with Crippen LogP contribution in [0.25, 0.3) is 0 Å². The highest BCUT2D eigenvalue weighted by molar-refractivity contribution is 9.10. The number of hydrogen-bond donors (Lipinski definition) is 1. The maximum absolute atomic E-state index is 13.4. The Morgan fingerprint density at radius 3 is 2.37 bits per heavy atom. The van der Waals surface area contributed by atoms with E-state index in [2.05, 4.69) is 21.2 Å². The van der Waals surface area contributed by atoms with Gasteiger partial charge in [-0.1, -0.05) is 28.1 Å². The first-order valence-electron chi connectivity index (χ1n) is 5.61. The van der Waals surface area contributed by atoms with Gasteiger partial charge in [0.25, 0.3) is 0 Å². The molecule has 0 aromatic heterocycles. The van der Waals surface area contributed by atoms with E-state index in [-0.39, 0.29) is 5.69 Å². The van der Waals surface area contributed by atoms with Crippen molar-refractivity contribution in [2.45, 2.75) is 13.5 Å². The molecule has 0 heterocycles. The van der Waals surface area contributed by atoms with Crippen LogP contribution in [-0.4, -0.2) is 0 Å². The fraction of sp³-hybridized carbons (Fsp3) is 0.143. The monoisotopic (exact) mass is 329 g/mol. The Morgan fingerprint density at radius 1 is 1.00 bits per heavy atom. The maximum Gasteiger partial charge on any atom is 0.161 e. The fourth-order valence-corrected chi connectivity index (χ4v) is 2.03. The fourth-order valence-electron chi connectivity index (χ4n) is 1.60. The van der Waals surface area contributed by atoms with Crippen LogP contribution in [0.4, 0.5) is 18.9 Å². The van der Waals surface area contributed by atoms with Gasteiger partial charge in [0.1, 0.15) is 5.82 Å². The Kier molecular flexibility index (Phi) is 4.14. The molecule has 1 N–H and O–H groups in total. The van der Waals surface area contributed by atoms with E-state index in [1.54, 1.807) is 0 Å². The van der Waals surface area contributed by atoms with Crippen LogP contribution in [0.1, 0.15) is 11.1 Å². The third-order valence-corrected chi connectivity index (χ3v) is 3.58. The molecule has 0 atom stereocenters. The number of halogens is 4. The van der Waals surface area contributed by atoms with Crippen LogP contribution in [0.5, 0.6) is 0 Å². The molecular weight excluding hydrogens is 319 g/mol. The quantitative estimate of drug-likeness (QED) is 0.798. The zero-order valence-electron chi connectivity index (χ0n) is 10.1. The van der Waals surface area contributed by atoms with Crippen molar-refractivity contribution in [1.29, 1.82) is 0 Å². The van der Waals surface area contributed by atoms with Gasteiger partial charge in [-0.05, 0) is 24.1 Å². The van der Waals surface area contributed by atoms with E-state index in [1.807, 2.05) is 25.1 Å². The van der Waals surface area contributed by atoms with E-state index in [0.717, 1.165) is 21.7 Å². The molecule has 0 aliphatic carbocycles. The van der Waals surface area contributed by atoms with Crippen LogP contribution >= 0.6 is 15.9 Å². The van der Waals surface area contributed by atoms with Gasteiger partial charge in [-0.2, -0.15) is 0 Å². The number of anilines is 1. The highest BCUT2D eigenvalue weighted by atomic mass is 79.9. The minimum atomic E-state index is -1.19. The minimum Gasteiger partial charge on any atom is -0.379 e. The van der Waals surface area contributed by atoms with Crippen LogP contribution in [0.3, 0.4) is 0 Å². The summed E-state index contributed by atoms with van der Waals surface area (Å²) in [7, 11) is 0. The molecule has 0 aliphatic heterocycles. The molecule has 100 valence electrons. The van der Waals surface area contributed by atoms with Gasteiger partial charge in [0.15, 0.2) is 11.6 Å². The summed E-state index contributed by atoms with van der Waals surface area (Å²) in [6.07, 6.45) is 0. The topological polar surface area (TPSA) is 12.0 Å².